The van der Waals surface area contributed by atoms with Crippen molar-refractivity contribution in [1.82, 2.24) is 9.55 Å². The Hall–Kier alpha value is -2.93. The summed E-state index contributed by atoms with van der Waals surface area (Å²) in [5.41, 5.74) is 3.40. The van der Waals surface area contributed by atoms with Crippen LogP contribution in [-0.2, 0) is 9.53 Å². The molecule has 0 saturated heterocycles. The highest BCUT2D eigenvalue weighted by atomic mass is 32.1. The quantitative estimate of drug-likeness (QED) is 0.403. The number of ketones is 1. The summed E-state index contributed by atoms with van der Waals surface area (Å²) in [5, 5.41) is 2.68. The van der Waals surface area contributed by atoms with Gasteiger partial charge in [-0.1, -0.05) is 26.0 Å². The summed E-state index contributed by atoms with van der Waals surface area (Å²) in [4.78, 5) is 28.8. The van der Waals surface area contributed by atoms with E-state index >= 15 is 0 Å². The van der Waals surface area contributed by atoms with Crippen LogP contribution in [0.3, 0.4) is 0 Å². The van der Waals surface area contributed by atoms with Gasteiger partial charge in [-0.15, -0.1) is 11.3 Å². The molecule has 0 amide bonds. The molecule has 3 rings (SSSR count). The minimum absolute atomic E-state index is 0.244. The third-order valence-electron chi connectivity index (χ3n) is 4.61. The molecular formula is C22H24N2O4S. The zero-order chi connectivity index (χ0) is 21.0. The molecule has 0 N–H and O–H groups in total. The number of rotatable bonds is 8. The maximum Gasteiger partial charge on any atom is 0.344 e. The average molecular weight is 413 g/mol. The van der Waals surface area contributed by atoms with E-state index in [-0.39, 0.29) is 19.0 Å². The molecule has 6 nitrogen and oxygen atoms in total. The zero-order valence-electron chi connectivity index (χ0n) is 17.0. The van der Waals surface area contributed by atoms with Crippen molar-refractivity contribution >= 4 is 23.1 Å². The summed E-state index contributed by atoms with van der Waals surface area (Å²) in [6, 6.07) is 9.36. The van der Waals surface area contributed by atoms with E-state index in [1.165, 1.54) is 16.9 Å². The number of hydrogen-bond donors (Lipinski definition) is 0. The number of thiazole rings is 1. The standard InChI is InChI=1S/C22H24N2O4S/c1-14(2)17-5-7-18(8-6-17)27-13-21(26)28-12-20(25)19-11-15(3)24(16(19)4)22-23-9-10-29-22/h5-11,14H,12-13H2,1-4H3. The Morgan fingerprint density at radius 3 is 2.48 bits per heavy atom. The van der Waals surface area contributed by atoms with Crippen LogP contribution in [0.2, 0.25) is 0 Å². The zero-order valence-corrected chi connectivity index (χ0v) is 17.8. The number of hydrogen-bond acceptors (Lipinski definition) is 6. The van der Waals surface area contributed by atoms with Gasteiger partial charge in [-0.3, -0.25) is 9.36 Å². The lowest BCUT2D eigenvalue weighted by molar-refractivity contribution is -0.144. The Morgan fingerprint density at radius 2 is 1.86 bits per heavy atom. The van der Waals surface area contributed by atoms with Gasteiger partial charge in [0.25, 0.3) is 0 Å². The Kier molecular flexibility index (Phi) is 6.49. The molecule has 0 aliphatic heterocycles. The normalized spacial score (nSPS) is 10.9. The predicted octanol–water partition coefficient (Wildman–Crippen LogP) is 4.48. The van der Waals surface area contributed by atoms with E-state index in [2.05, 4.69) is 18.8 Å². The van der Waals surface area contributed by atoms with Gasteiger partial charge in [0.15, 0.2) is 18.3 Å². The van der Waals surface area contributed by atoms with Crippen LogP contribution < -0.4 is 4.74 Å². The van der Waals surface area contributed by atoms with E-state index in [0.717, 1.165) is 16.5 Å². The molecule has 0 bridgehead atoms. The molecule has 7 heteroatoms. The van der Waals surface area contributed by atoms with Gasteiger partial charge < -0.3 is 9.47 Å². The van der Waals surface area contributed by atoms with E-state index in [0.29, 0.717) is 17.2 Å². The van der Waals surface area contributed by atoms with E-state index < -0.39 is 5.97 Å². The van der Waals surface area contributed by atoms with E-state index in [9.17, 15) is 9.59 Å². The third kappa shape index (κ3) is 4.92. The molecule has 0 aliphatic rings. The van der Waals surface area contributed by atoms with Gasteiger partial charge in [0, 0.05) is 28.5 Å². The van der Waals surface area contributed by atoms with Crippen molar-refractivity contribution in [2.75, 3.05) is 13.2 Å². The summed E-state index contributed by atoms with van der Waals surface area (Å²) >= 11 is 1.49. The maximum atomic E-state index is 12.5. The second kappa shape index (κ2) is 9.05. The molecule has 0 saturated carbocycles. The minimum Gasteiger partial charge on any atom is -0.482 e. The third-order valence-corrected chi connectivity index (χ3v) is 5.37. The van der Waals surface area contributed by atoms with Gasteiger partial charge in [0.05, 0.1) is 0 Å². The lowest BCUT2D eigenvalue weighted by atomic mass is 10.0. The predicted molar refractivity (Wildman–Crippen MR) is 112 cm³/mol. The Bertz CT molecular complexity index is 989. The van der Waals surface area contributed by atoms with E-state index in [4.69, 9.17) is 9.47 Å². The van der Waals surface area contributed by atoms with Crippen LogP contribution in [0.1, 0.15) is 47.1 Å². The van der Waals surface area contributed by atoms with Gasteiger partial charge in [0.1, 0.15) is 5.75 Å². The number of Topliss-reactive ketones (excluding diaryl/α,β-unsaturated/α-hetero) is 1. The van der Waals surface area contributed by atoms with Crippen molar-refractivity contribution < 1.29 is 19.1 Å². The van der Waals surface area contributed by atoms with Crippen LogP contribution in [-0.4, -0.2) is 34.5 Å². The fourth-order valence-electron chi connectivity index (χ4n) is 3.02. The highest BCUT2D eigenvalue weighted by Crippen LogP contribution is 2.23. The van der Waals surface area contributed by atoms with Crippen LogP contribution in [0.15, 0.2) is 41.9 Å². The molecule has 0 unspecified atom stereocenters. The van der Waals surface area contributed by atoms with Crippen molar-refractivity contribution in [3.63, 3.8) is 0 Å². The fraction of sp³-hybridized carbons (Fsp3) is 0.318. The van der Waals surface area contributed by atoms with Crippen LogP contribution in [0.4, 0.5) is 0 Å². The number of ether oxygens (including phenoxy) is 2. The SMILES string of the molecule is Cc1cc(C(=O)COC(=O)COc2ccc(C(C)C)cc2)c(C)n1-c1nccs1. The first kappa shape index (κ1) is 20.8. The summed E-state index contributed by atoms with van der Waals surface area (Å²) < 4.78 is 12.5. The molecular weight excluding hydrogens is 388 g/mol. The van der Waals surface area contributed by atoms with Crippen LogP contribution in [0.25, 0.3) is 5.13 Å². The van der Waals surface area contributed by atoms with Gasteiger partial charge in [-0.2, -0.15) is 0 Å². The van der Waals surface area contributed by atoms with Gasteiger partial charge in [-0.05, 0) is 43.5 Å². The first-order chi connectivity index (χ1) is 13.9. The largest absolute Gasteiger partial charge is 0.482 e. The van der Waals surface area contributed by atoms with Crippen molar-refractivity contribution in [2.45, 2.75) is 33.6 Å². The highest BCUT2D eigenvalue weighted by Gasteiger charge is 2.19. The Balaban J connectivity index is 1.54. The molecule has 0 fully saturated rings. The molecule has 0 spiro atoms. The van der Waals surface area contributed by atoms with Crippen molar-refractivity contribution in [1.29, 1.82) is 0 Å². The summed E-state index contributed by atoms with van der Waals surface area (Å²) in [6.07, 6.45) is 1.72. The summed E-state index contributed by atoms with van der Waals surface area (Å²) in [7, 11) is 0. The van der Waals surface area contributed by atoms with Crippen molar-refractivity contribution in [3.05, 3.63) is 64.4 Å². The van der Waals surface area contributed by atoms with Crippen LogP contribution >= 0.6 is 11.3 Å². The monoisotopic (exact) mass is 412 g/mol. The Morgan fingerprint density at radius 1 is 1.14 bits per heavy atom. The molecule has 0 aliphatic carbocycles. The van der Waals surface area contributed by atoms with Gasteiger partial charge in [0.2, 0.25) is 5.78 Å². The van der Waals surface area contributed by atoms with Crippen LogP contribution in [0, 0.1) is 13.8 Å². The van der Waals surface area contributed by atoms with Gasteiger partial charge in [-0.25, -0.2) is 9.78 Å². The molecule has 0 radical (unpaired) electrons. The second-order valence-electron chi connectivity index (χ2n) is 7.03. The van der Waals surface area contributed by atoms with E-state index in [1.807, 2.05) is 48.1 Å². The number of carbonyl (C=O) groups excluding carboxylic acids is 2. The lowest BCUT2D eigenvalue weighted by Crippen LogP contribution is -2.19. The van der Waals surface area contributed by atoms with Gasteiger partial charge >= 0.3 is 5.97 Å². The smallest absolute Gasteiger partial charge is 0.344 e. The number of aromatic nitrogens is 2. The highest BCUT2D eigenvalue weighted by molar-refractivity contribution is 7.12. The molecule has 0 atom stereocenters. The minimum atomic E-state index is -0.583. The molecule has 1 aromatic carbocycles. The van der Waals surface area contributed by atoms with E-state index in [1.54, 1.807) is 12.3 Å². The second-order valence-corrected chi connectivity index (χ2v) is 7.90. The molecule has 2 heterocycles. The molecule has 152 valence electrons. The fourth-order valence-corrected chi connectivity index (χ4v) is 3.77. The topological polar surface area (TPSA) is 70.4 Å². The maximum absolute atomic E-state index is 12.5. The molecule has 29 heavy (non-hydrogen) atoms. The van der Waals surface area contributed by atoms with Crippen LogP contribution in [0.5, 0.6) is 5.75 Å². The average Bonchev–Trinajstić information content (AvgIpc) is 3.32. The van der Waals surface area contributed by atoms with Crippen molar-refractivity contribution in [2.24, 2.45) is 0 Å². The number of aryl methyl sites for hydroxylation is 1. The summed E-state index contributed by atoms with van der Waals surface area (Å²) in [6.45, 7) is 7.42. The first-order valence-electron chi connectivity index (χ1n) is 9.37. The lowest BCUT2D eigenvalue weighted by Gasteiger charge is -2.09. The van der Waals surface area contributed by atoms with Crippen molar-refractivity contribution in [3.8, 4) is 10.9 Å². The molecule has 3 aromatic rings. The summed E-state index contributed by atoms with van der Waals surface area (Å²) in [5.74, 6) is 0.179. The Labute approximate surface area is 174 Å². The number of esters is 1. The number of carbonyl (C=O) groups is 2. The number of nitrogens with zero attached hydrogens (tertiary/aromatic N) is 2. The first-order valence-corrected chi connectivity index (χ1v) is 10.2. The molecule has 2 aromatic heterocycles. The number of benzene rings is 1.